The van der Waals surface area contributed by atoms with Crippen LogP contribution in [0.5, 0.6) is 0 Å². The Balaban J connectivity index is 2.29. The summed E-state index contributed by atoms with van der Waals surface area (Å²) >= 11 is 0. The molecular formula is C16H29N5. The van der Waals surface area contributed by atoms with Crippen molar-refractivity contribution in [1.82, 2.24) is 19.3 Å². The van der Waals surface area contributed by atoms with Gasteiger partial charge in [-0.05, 0) is 18.3 Å². The van der Waals surface area contributed by atoms with Gasteiger partial charge in [-0.25, -0.2) is 4.98 Å². The lowest BCUT2D eigenvalue weighted by Crippen LogP contribution is -2.21. The molecule has 0 aliphatic carbocycles. The Labute approximate surface area is 127 Å². The van der Waals surface area contributed by atoms with E-state index in [-0.39, 0.29) is 5.41 Å². The van der Waals surface area contributed by atoms with Crippen molar-refractivity contribution in [2.45, 2.75) is 66.3 Å². The van der Waals surface area contributed by atoms with Crippen LogP contribution in [0.1, 0.15) is 59.1 Å². The lowest BCUT2D eigenvalue weighted by atomic mass is 9.87. The van der Waals surface area contributed by atoms with Gasteiger partial charge in [0.25, 0.3) is 0 Å². The summed E-state index contributed by atoms with van der Waals surface area (Å²) < 4.78 is 4.05. The van der Waals surface area contributed by atoms with Gasteiger partial charge in [0.15, 0.2) is 5.65 Å². The molecule has 5 nitrogen and oxygen atoms in total. The molecule has 0 saturated heterocycles. The van der Waals surface area contributed by atoms with E-state index < -0.39 is 0 Å². The molecule has 0 aliphatic heterocycles. The molecule has 0 bridgehead atoms. The first-order chi connectivity index (χ1) is 9.89. The molecule has 5 heteroatoms. The van der Waals surface area contributed by atoms with Crippen molar-refractivity contribution in [2.75, 3.05) is 5.73 Å². The quantitative estimate of drug-likeness (QED) is 0.794. The summed E-state index contributed by atoms with van der Waals surface area (Å²) in [4.78, 5) is 4.54. The molecule has 2 rings (SSSR count). The van der Waals surface area contributed by atoms with E-state index in [4.69, 9.17) is 5.73 Å². The molecule has 0 atom stereocenters. The van der Waals surface area contributed by atoms with Crippen molar-refractivity contribution in [3.05, 3.63) is 5.69 Å². The van der Waals surface area contributed by atoms with Crippen LogP contribution in [0, 0.1) is 5.41 Å². The third-order valence-electron chi connectivity index (χ3n) is 4.20. The van der Waals surface area contributed by atoms with Crippen LogP contribution in [0.2, 0.25) is 0 Å². The predicted octanol–water partition coefficient (Wildman–Crippen LogP) is 3.52. The van der Waals surface area contributed by atoms with Crippen LogP contribution < -0.4 is 5.73 Å². The molecule has 2 aromatic heterocycles. The Hall–Kier alpha value is -1.52. The van der Waals surface area contributed by atoms with Crippen LogP contribution in [0.3, 0.4) is 0 Å². The standard InChI is InChI=1S/C16H29N5/c1-6-8-9-10-16(3,4)11-21-14-13(18-15(21)17)12(7-2)19-20(14)5/h6-11H2,1-5H3,(H2,17,18). The van der Waals surface area contributed by atoms with Gasteiger partial charge in [0.1, 0.15) is 5.52 Å². The number of nitrogen functional groups attached to an aromatic ring is 1. The Bertz CT molecular complexity index is 606. The van der Waals surface area contributed by atoms with E-state index in [1.165, 1.54) is 25.7 Å². The molecule has 0 unspecified atom stereocenters. The number of hydrogen-bond donors (Lipinski definition) is 1. The van der Waals surface area contributed by atoms with Crippen LogP contribution >= 0.6 is 0 Å². The zero-order chi connectivity index (χ0) is 15.6. The maximum absolute atomic E-state index is 6.16. The molecule has 2 heterocycles. The molecule has 0 amide bonds. The maximum atomic E-state index is 6.16. The summed E-state index contributed by atoms with van der Waals surface area (Å²) in [5.41, 5.74) is 9.42. The molecule has 0 radical (unpaired) electrons. The van der Waals surface area contributed by atoms with Crippen molar-refractivity contribution >= 4 is 17.1 Å². The molecule has 0 saturated carbocycles. The fraction of sp³-hybridized carbons (Fsp3) is 0.750. The van der Waals surface area contributed by atoms with Crippen molar-refractivity contribution < 1.29 is 0 Å². The van der Waals surface area contributed by atoms with E-state index in [1.54, 1.807) is 0 Å². The SMILES string of the molecule is CCCCCC(C)(C)Cn1c(N)nc2c(CC)nn(C)c21. The van der Waals surface area contributed by atoms with Gasteiger partial charge in [-0.2, -0.15) is 5.10 Å². The zero-order valence-electron chi connectivity index (χ0n) is 14.1. The first-order valence-corrected chi connectivity index (χ1v) is 8.07. The molecule has 21 heavy (non-hydrogen) atoms. The van der Waals surface area contributed by atoms with Gasteiger partial charge in [-0.1, -0.05) is 47.0 Å². The number of rotatable bonds is 7. The van der Waals surface area contributed by atoms with Crippen LogP contribution in [0.15, 0.2) is 0 Å². The minimum Gasteiger partial charge on any atom is -0.369 e. The van der Waals surface area contributed by atoms with Crippen molar-refractivity contribution in [2.24, 2.45) is 12.5 Å². The molecule has 118 valence electrons. The molecule has 2 aromatic rings. The Kier molecular flexibility index (Phi) is 4.59. The molecule has 0 aromatic carbocycles. The summed E-state index contributed by atoms with van der Waals surface area (Å²) in [5, 5.41) is 4.55. The highest BCUT2D eigenvalue weighted by Crippen LogP contribution is 2.30. The molecule has 0 spiro atoms. The monoisotopic (exact) mass is 291 g/mol. The minimum absolute atomic E-state index is 0.216. The highest BCUT2D eigenvalue weighted by molar-refractivity contribution is 5.77. The van der Waals surface area contributed by atoms with E-state index in [2.05, 4.69) is 42.3 Å². The number of unbranched alkanes of at least 4 members (excludes halogenated alkanes) is 2. The van der Waals surface area contributed by atoms with Crippen LogP contribution in [0.4, 0.5) is 5.95 Å². The fourth-order valence-corrected chi connectivity index (χ4v) is 3.01. The highest BCUT2D eigenvalue weighted by Gasteiger charge is 2.23. The number of hydrogen-bond acceptors (Lipinski definition) is 3. The predicted molar refractivity (Wildman–Crippen MR) is 88.2 cm³/mol. The Morgan fingerprint density at radius 1 is 1.19 bits per heavy atom. The lowest BCUT2D eigenvalue weighted by molar-refractivity contribution is 0.275. The molecular weight excluding hydrogens is 262 g/mol. The van der Waals surface area contributed by atoms with Gasteiger partial charge in [-0.3, -0.25) is 9.25 Å². The number of imidazole rings is 1. The van der Waals surface area contributed by atoms with E-state index in [0.29, 0.717) is 5.95 Å². The summed E-state index contributed by atoms with van der Waals surface area (Å²) in [6.07, 6.45) is 5.91. The van der Waals surface area contributed by atoms with E-state index >= 15 is 0 Å². The summed E-state index contributed by atoms with van der Waals surface area (Å²) in [7, 11) is 1.98. The highest BCUT2D eigenvalue weighted by atomic mass is 15.3. The Morgan fingerprint density at radius 2 is 1.90 bits per heavy atom. The molecule has 0 fully saturated rings. The van der Waals surface area contributed by atoms with Crippen molar-refractivity contribution in [3.8, 4) is 0 Å². The van der Waals surface area contributed by atoms with Gasteiger partial charge in [0.2, 0.25) is 5.95 Å². The Morgan fingerprint density at radius 3 is 2.52 bits per heavy atom. The third kappa shape index (κ3) is 3.22. The van der Waals surface area contributed by atoms with Gasteiger partial charge < -0.3 is 5.73 Å². The van der Waals surface area contributed by atoms with Gasteiger partial charge in [0.05, 0.1) is 5.69 Å². The van der Waals surface area contributed by atoms with Crippen molar-refractivity contribution in [3.63, 3.8) is 0 Å². The number of fused-ring (bicyclic) bond motifs is 1. The zero-order valence-corrected chi connectivity index (χ0v) is 14.1. The summed E-state index contributed by atoms with van der Waals surface area (Å²) in [5.74, 6) is 0.608. The largest absolute Gasteiger partial charge is 0.369 e. The number of aromatic nitrogens is 4. The van der Waals surface area contributed by atoms with Crippen LogP contribution in [-0.4, -0.2) is 19.3 Å². The summed E-state index contributed by atoms with van der Waals surface area (Å²) in [6, 6.07) is 0. The summed E-state index contributed by atoms with van der Waals surface area (Å²) in [6.45, 7) is 9.86. The van der Waals surface area contributed by atoms with Gasteiger partial charge in [0, 0.05) is 13.6 Å². The normalized spacial score (nSPS) is 12.4. The minimum atomic E-state index is 0.216. The van der Waals surface area contributed by atoms with E-state index in [1.807, 2.05) is 11.7 Å². The molecule has 2 N–H and O–H groups in total. The lowest BCUT2D eigenvalue weighted by Gasteiger charge is -2.26. The van der Waals surface area contributed by atoms with Crippen molar-refractivity contribution in [1.29, 1.82) is 0 Å². The number of aryl methyl sites for hydroxylation is 2. The van der Waals surface area contributed by atoms with Crippen LogP contribution in [0.25, 0.3) is 11.2 Å². The van der Waals surface area contributed by atoms with Crippen LogP contribution in [-0.2, 0) is 20.0 Å². The van der Waals surface area contributed by atoms with Gasteiger partial charge >= 0.3 is 0 Å². The first-order valence-electron chi connectivity index (χ1n) is 8.07. The second kappa shape index (κ2) is 6.08. The first kappa shape index (κ1) is 15.9. The smallest absolute Gasteiger partial charge is 0.202 e. The molecule has 0 aliphatic rings. The second-order valence-corrected chi connectivity index (χ2v) is 6.77. The topological polar surface area (TPSA) is 61.7 Å². The number of nitrogens with zero attached hydrogens (tertiary/aromatic N) is 4. The third-order valence-corrected chi connectivity index (χ3v) is 4.20. The fourth-order valence-electron chi connectivity index (χ4n) is 3.01. The average molecular weight is 291 g/mol. The second-order valence-electron chi connectivity index (χ2n) is 6.77. The van der Waals surface area contributed by atoms with Gasteiger partial charge in [-0.15, -0.1) is 0 Å². The average Bonchev–Trinajstić information content (AvgIpc) is 2.88. The van der Waals surface area contributed by atoms with E-state index in [9.17, 15) is 0 Å². The number of nitrogens with two attached hydrogens (primary N) is 1. The maximum Gasteiger partial charge on any atom is 0.202 e. The van der Waals surface area contributed by atoms with E-state index in [0.717, 1.165) is 29.8 Å². The number of anilines is 1.